The highest BCUT2D eigenvalue weighted by atomic mass is 35.5. The number of carbonyl (C=O) groups is 1. The number of ketones is 1. The highest BCUT2D eigenvalue weighted by Gasteiger charge is 2.34. The number of Topliss-reactive ketones (excluding diaryl/α,β-unsaturated/α-hetero) is 1. The van der Waals surface area contributed by atoms with Gasteiger partial charge in [-0.15, -0.1) is 0 Å². The van der Waals surface area contributed by atoms with E-state index in [1.165, 1.54) is 0 Å². The number of nitrogens with zero attached hydrogens (tertiary/aromatic N) is 1. The molecule has 0 N–H and O–H groups in total. The Bertz CT molecular complexity index is 960. The van der Waals surface area contributed by atoms with Gasteiger partial charge in [0.25, 0.3) is 0 Å². The summed E-state index contributed by atoms with van der Waals surface area (Å²) in [4.78, 5) is 14.9. The van der Waals surface area contributed by atoms with E-state index in [0.717, 1.165) is 52.5 Å². The fraction of sp³-hybridized carbons (Fsp3) is 0.318. The van der Waals surface area contributed by atoms with Crippen LogP contribution in [-0.2, 0) is 13.0 Å². The molecule has 0 radical (unpaired) electrons. The molecule has 0 atom stereocenters. The van der Waals surface area contributed by atoms with Crippen molar-refractivity contribution in [2.24, 2.45) is 0 Å². The summed E-state index contributed by atoms with van der Waals surface area (Å²) >= 11 is 6.26. The van der Waals surface area contributed by atoms with E-state index in [1.54, 1.807) is 0 Å². The molecular weight excluding hydrogens is 362 g/mol. The highest BCUT2D eigenvalue weighted by molar-refractivity contribution is 6.31. The molecule has 0 unspecified atom stereocenters. The number of ether oxygens (including phenoxy) is 2. The average Bonchev–Trinajstić information content (AvgIpc) is 2.98. The maximum Gasteiger partial charge on any atom is 0.231 e. The van der Waals surface area contributed by atoms with Gasteiger partial charge < -0.3 is 9.47 Å². The predicted octanol–water partition coefficient (Wildman–Crippen LogP) is 4.91. The number of rotatable bonds is 3. The van der Waals surface area contributed by atoms with E-state index in [2.05, 4.69) is 11.0 Å². The summed E-state index contributed by atoms with van der Waals surface area (Å²) in [6.07, 6.45) is 0.853. The van der Waals surface area contributed by atoms with Crippen LogP contribution >= 0.6 is 11.6 Å². The molecule has 0 saturated heterocycles. The van der Waals surface area contributed by atoms with Crippen LogP contribution < -0.4 is 9.47 Å². The average molecular weight is 384 g/mol. The maximum atomic E-state index is 12.7. The number of carbonyl (C=O) groups excluding carboxylic acids is 1. The van der Waals surface area contributed by atoms with Crippen LogP contribution in [0.15, 0.2) is 41.7 Å². The van der Waals surface area contributed by atoms with Gasteiger partial charge in [-0.05, 0) is 50.5 Å². The smallest absolute Gasteiger partial charge is 0.231 e. The van der Waals surface area contributed by atoms with Crippen molar-refractivity contribution in [2.45, 2.75) is 33.7 Å². The van der Waals surface area contributed by atoms with Gasteiger partial charge in [-0.3, -0.25) is 9.69 Å². The van der Waals surface area contributed by atoms with Crippen molar-refractivity contribution < 1.29 is 14.3 Å². The second kappa shape index (κ2) is 7.02. The Kier molecular flexibility index (Phi) is 4.70. The molecule has 0 spiro atoms. The van der Waals surface area contributed by atoms with E-state index in [4.69, 9.17) is 21.1 Å². The number of halogens is 1. The van der Waals surface area contributed by atoms with Gasteiger partial charge in [-0.25, -0.2) is 0 Å². The molecule has 2 aliphatic heterocycles. The van der Waals surface area contributed by atoms with E-state index in [9.17, 15) is 4.79 Å². The largest absolute Gasteiger partial charge is 0.477 e. The molecular formula is C22H22ClNO3. The molecule has 0 amide bonds. The Hall–Kier alpha value is -2.30. The molecule has 2 aromatic carbocycles. The second-order valence-corrected chi connectivity index (χ2v) is 7.70. The Morgan fingerprint density at radius 2 is 2.00 bits per heavy atom. The van der Waals surface area contributed by atoms with Crippen molar-refractivity contribution in [3.05, 3.63) is 68.9 Å². The topological polar surface area (TPSA) is 38.8 Å². The fourth-order valence-corrected chi connectivity index (χ4v) is 3.87. The van der Waals surface area contributed by atoms with Crippen LogP contribution in [0, 0.1) is 6.92 Å². The minimum Gasteiger partial charge on any atom is -0.477 e. The van der Waals surface area contributed by atoms with Crippen LogP contribution in [0.1, 0.15) is 40.9 Å². The van der Waals surface area contributed by atoms with Crippen LogP contribution in [0.5, 0.6) is 11.5 Å². The van der Waals surface area contributed by atoms with Crippen LogP contribution in [0.2, 0.25) is 5.02 Å². The van der Waals surface area contributed by atoms with Crippen molar-refractivity contribution >= 4 is 17.4 Å². The van der Waals surface area contributed by atoms with Crippen molar-refractivity contribution in [1.82, 2.24) is 4.90 Å². The standard InChI is InChI=1S/C22H22ClNO3/c1-13(2)20-19(25)17-10-16-11-24(9-8-15-6-4-5-7-18(15)23)12-26-21(16)14(3)22(17)27-20/h4-7,10H,8-9,11-12H2,1-3H3. The fourth-order valence-electron chi connectivity index (χ4n) is 3.64. The predicted molar refractivity (Wildman–Crippen MR) is 106 cm³/mol. The molecule has 0 fully saturated rings. The molecule has 27 heavy (non-hydrogen) atoms. The Labute approximate surface area is 164 Å². The van der Waals surface area contributed by atoms with Crippen molar-refractivity contribution in [1.29, 1.82) is 0 Å². The lowest BCUT2D eigenvalue weighted by Crippen LogP contribution is -2.34. The summed E-state index contributed by atoms with van der Waals surface area (Å²) in [5.41, 5.74) is 4.59. The summed E-state index contributed by atoms with van der Waals surface area (Å²) in [6.45, 7) is 7.83. The zero-order valence-electron chi connectivity index (χ0n) is 15.8. The number of fused-ring (bicyclic) bond motifs is 2. The summed E-state index contributed by atoms with van der Waals surface area (Å²) in [6, 6.07) is 9.84. The molecule has 140 valence electrons. The van der Waals surface area contributed by atoms with Gasteiger partial charge in [0, 0.05) is 29.2 Å². The Morgan fingerprint density at radius 3 is 2.74 bits per heavy atom. The quantitative estimate of drug-likeness (QED) is 0.706. The lowest BCUT2D eigenvalue weighted by Gasteiger charge is -2.30. The van der Waals surface area contributed by atoms with Crippen LogP contribution in [0.4, 0.5) is 0 Å². The highest BCUT2D eigenvalue weighted by Crippen LogP contribution is 2.43. The van der Waals surface area contributed by atoms with Gasteiger partial charge in [-0.1, -0.05) is 29.8 Å². The van der Waals surface area contributed by atoms with Gasteiger partial charge in [0.15, 0.2) is 5.76 Å². The monoisotopic (exact) mass is 383 g/mol. The summed E-state index contributed by atoms with van der Waals surface area (Å²) in [5, 5.41) is 0.793. The molecule has 5 heteroatoms. The third-order valence-electron chi connectivity index (χ3n) is 5.09. The van der Waals surface area contributed by atoms with Crippen LogP contribution in [0.3, 0.4) is 0 Å². The number of benzene rings is 2. The van der Waals surface area contributed by atoms with E-state index >= 15 is 0 Å². The number of allylic oxidation sites excluding steroid dienone is 2. The van der Waals surface area contributed by atoms with E-state index in [0.29, 0.717) is 23.8 Å². The van der Waals surface area contributed by atoms with Crippen molar-refractivity contribution in [3.63, 3.8) is 0 Å². The molecule has 0 saturated carbocycles. The van der Waals surface area contributed by atoms with Gasteiger partial charge in [0.05, 0.1) is 5.56 Å². The molecule has 0 aliphatic carbocycles. The number of hydrogen-bond donors (Lipinski definition) is 0. The van der Waals surface area contributed by atoms with Crippen molar-refractivity contribution in [3.8, 4) is 11.5 Å². The van der Waals surface area contributed by atoms with E-state index in [1.807, 2.05) is 45.0 Å². The molecule has 0 aromatic heterocycles. The summed E-state index contributed by atoms with van der Waals surface area (Å²) in [5.74, 6) is 1.88. The first-order valence-corrected chi connectivity index (χ1v) is 9.48. The first-order valence-electron chi connectivity index (χ1n) is 9.10. The van der Waals surface area contributed by atoms with E-state index < -0.39 is 0 Å². The first-order chi connectivity index (χ1) is 13.0. The molecule has 2 aromatic rings. The SMILES string of the molecule is CC(C)=C1Oc2c(cc3c(c2C)OCN(CCc2ccccc2Cl)C3)C1=O. The first kappa shape index (κ1) is 18.1. The van der Waals surface area contributed by atoms with Crippen LogP contribution in [0.25, 0.3) is 0 Å². The number of hydrogen-bond acceptors (Lipinski definition) is 4. The third kappa shape index (κ3) is 3.24. The molecule has 4 rings (SSSR count). The lowest BCUT2D eigenvalue weighted by atomic mass is 9.99. The molecule has 2 aliphatic rings. The van der Waals surface area contributed by atoms with Crippen molar-refractivity contribution in [2.75, 3.05) is 13.3 Å². The van der Waals surface area contributed by atoms with Crippen LogP contribution in [-0.4, -0.2) is 24.0 Å². The van der Waals surface area contributed by atoms with Gasteiger partial charge >= 0.3 is 0 Å². The third-order valence-corrected chi connectivity index (χ3v) is 5.45. The Balaban J connectivity index is 1.56. The van der Waals surface area contributed by atoms with E-state index in [-0.39, 0.29) is 5.78 Å². The zero-order chi connectivity index (χ0) is 19.1. The maximum absolute atomic E-state index is 12.7. The lowest BCUT2D eigenvalue weighted by molar-refractivity contribution is 0.0954. The molecule has 4 nitrogen and oxygen atoms in total. The minimum absolute atomic E-state index is 0.0379. The Morgan fingerprint density at radius 1 is 1.22 bits per heavy atom. The molecule has 2 heterocycles. The van der Waals surface area contributed by atoms with Gasteiger partial charge in [0.2, 0.25) is 5.78 Å². The van der Waals surface area contributed by atoms with Gasteiger partial charge in [0.1, 0.15) is 18.2 Å². The summed E-state index contributed by atoms with van der Waals surface area (Å²) < 4.78 is 11.9. The minimum atomic E-state index is -0.0379. The normalized spacial score (nSPS) is 15.9. The molecule has 0 bridgehead atoms. The zero-order valence-corrected chi connectivity index (χ0v) is 16.5. The second-order valence-electron chi connectivity index (χ2n) is 7.29. The van der Waals surface area contributed by atoms with Gasteiger partial charge in [-0.2, -0.15) is 0 Å². The summed E-state index contributed by atoms with van der Waals surface area (Å²) in [7, 11) is 0.